The highest BCUT2D eigenvalue weighted by Crippen LogP contribution is 2.25. The summed E-state index contributed by atoms with van der Waals surface area (Å²) in [6.45, 7) is 3.08. The van der Waals surface area contributed by atoms with Crippen LogP contribution in [0.5, 0.6) is 0 Å². The first-order valence-electron chi connectivity index (χ1n) is 9.08. The molecule has 1 heterocycles. The molecule has 1 aromatic carbocycles. The van der Waals surface area contributed by atoms with Crippen molar-refractivity contribution >= 4 is 23.3 Å². The zero-order chi connectivity index (χ0) is 20.5. The monoisotopic (exact) mass is 388 g/mol. The first-order chi connectivity index (χ1) is 13.4. The molecule has 8 heteroatoms. The minimum absolute atomic E-state index is 0.0196. The van der Waals surface area contributed by atoms with Crippen LogP contribution in [0.1, 0.15) is 18.2 Å². The number of hydrogen-bond acceptors (Lipinski definition) is 5. The Balaban J connectivity index is 2.28. The van der Waals surface area contributed by atoms with E-state index in [0.29, 0.717) is 31.1 Å². The number of amides is 3. The third-order valence-electron chi connectivity index (χ3n) is 4.02. The van der Waals surface area contributed by atoms with Gasteiger partial charge in [0.05, 0.1) is 19.4 Å². The molecule has 0 bridgehead atoms. The largest absolute Gasteiger partial charge is 0.467 e. The van der Waals surface area contributed by atoms with Gasteiger partial charge in [-0.05, 0) is 42.8 Å². The van der Waals surface area contributed by atoms with Gasteiger partial charge in [0.15, 0.2) is 0 Å². The van der Waals surface area contributed by atoms with Gasteiger partial charge >= 0.3 is 6.03 Å². The molecule has 28 heavy (non-hydrogen) atoms. The number of ether oxygens (including phenoxy) is 1. The van der Waals surface area contributed by atoms with Crippen LogP contribution in [0.3, 0.4) is 0 Å². The van der Waals surface area contributed by atoms with Crippen molar-refractivity contribution in [1.29, 1.82) is 0 Å². The number of carbonyl (C=O) groups is 2. The lowest BCUT2D eigenvalue weighted by molar-refractivity contribution is -0.119. The second kappa shape index (κ2) is 10.4. The maximum Gasteiger partial charge on any atom is 0.318 e. The lowest BCUT2D eigenvalue weighted by Crippen LogP contribution is -2.39. The minimum atomic E-state index is -0.234. The van der Waals surface area contributed by atoms with Gasteiger partial charge in [-0.15, -0.1) is 0 Å². The Morgan fingerprint density at radius 2 is 1.96 bits per heavy atom. The van der Waals surface area contributed by atoms with Crippen molar-refractivity contribution < 1.29 is 18.7 Å². The fourth-order valence-corrected chi connectivity index (χ4v) is 2.81. The van der Waals surface area contributed by atoms with E-state index in [1.54, 1.807) is 17.2 Å². The number of carbonyl (C=O) groups excluding carboxylic acids is 2. The highest BCUT2D eigenvalue weighted by atomic mass is 16.5. The Morgan fingerprint density at radius 1 is 1.18 bits per heavy atom. The summed E-state index contributed by atoms with van der Waals surface area (Å²) in [5.74, 6) is 0.462. The van der Waals surface area contributed by atoms with Gasteiger partial charge in [-0.1, -0.05) is 0 Å². The van der Waals surface area contributed by atoms with Crippen LogP contribution in [0.25, 0.3) is 0 Å². The molecule has 0 radical (unpaired) electrons. The van der Waals surface area contributed by atoms with Crippen molar-refractivity contribution in [3.8, 4) is 0 Å². The fraction of sp³-hybridized carbons (Fsp3) is 0.400. The third kappa shape index (κ3) is 6.02. The standard InChI is InChI=1S/C20H28N4O4/c1-5-21-20(26)24(13-17-7-6-10-28-17)12-15-11-16(22-19(25)14-27-4)8-9-18(15)23(2)3/h6-11H,5,12-14H2,1-4H3,(H,21,26)(H,22,25). The molecule has 0 fully saturated rings. The highest BCUT2D eigenvalue weighted by molar-refractivity contribution is 5.92. The molecule has 2 N–H and O–H groups in total. The zero-order valence-corrected chi connectivity index (χ0v) is 16.8. The summed E-state index contributed by atoms with van der Waals surface area (Å²) < 4.78 is 10.3. The molecule has 0 aliphatic heterocycles. The predicted molar refractivity (Wildman–Crippen MR) is 108 cm³/mol. The average molecular weight is 388 g/mol. The predicted octanol–water partition coefficient (Wildman–Crippen LogP) is 2.66. The molecular formula is C20H28N4O4. The topological polar surface area (TPSA) is 87.1 Å². The van der Waals surface area contributed by atoms with Gasteiger partial charge in [-0.25, -0.2) is 4.79 Å². The molecule has 152 valence electrons. The molecule has 8 nitrogen and oxygen atoms in total. The molecule has 0 aliphatic carbocycles. The van der Waals surface area contributed by atoms with E-state index in [1.807, 2.05) is 50.2 Å². The summed E-state index contributed by atoms with van der Waals surface area (Å²) in [7, 11) is 5.34. The molecule has 2 aromatic rings. The van der Waals surface area contributed by atoms with Crippen LogP contribution in [-0.4, -0.2) is 51.2 Å². The molecule has 0 saturated heterocycles. The maximum atomic E-state index is 12.6. The van der Waals surface area contributed by atoms with Crippen LogP contribution in [0.15, 0.2) is 41.0 Å². The van der Waals surface area contributed by atoms with Gasteiger partial charge in [0, 0.05) is 39.1 Å². The normalized spacial score (nSPS) is 10.4. The van der Waals surface area contributed by atoms with E-state index >= 15 is 0 Å². The van der Waals surface area contributed by atoms with E-state index in [2.05, 4.69) is 10.6 Å². The Kier molecular flexibility index (Phi) is 7.88. The molecule has 0 saturated carbocycles. The number of benzene rings is 1. The third-order valence-corrected chi connectivity index (χ3v) is 4.02. The van der Waals surface area contributed by atoms with Crippen molar-refractivity contribution in [1.82, 2.24) is 10.2 Å². The molecule has 3 amide bonds. The van der Waals surface area contributed by atoms with Gasteiger partial charge in [0.1, 0.15) is 12.4 Å². The first-order valence-corrected chi connectivity index (χ1v) is 9.08. The van der Waals surface area contributed by atoms with Crippen molar-refractivity contribution in [2.75, 3.05) is 44.6 Å². The summed E-state index contributed by atoms with van der Waals surface area (Å²) in [6, 6.07) is 9.06. The van der Waals surface area contributed by atoms with E-state index in [-0.39, 0.29) is 18.5 Å². The summed E-state index contributed by atoms with van der Waals surface area (Å²) in [4.78, 5) is 28.1. The Hall–Kier alpha value is -3.00. The average Bonchev–Trinajstić information content (AvgIpc) is 3.14. The van der Waals surface area contributed by atoms with Crippen LogP contribution in [-0.2, 0) is 22.6 Å². The number of rotatable bonds is 9. The Bertz CT molecular complexity index is 775. The van der Waals surface area contributed by atoms with Crippen LogP contribution in [0.4, 0.5) is 16.2 Å². The SMILES string of the molecule is CCNC(=O)N(Cc1ccco1)Cc1cc(NC(=O)COC)ccc1N(C)C. The number of anilines is 2. The molecular weight excluding hydrogens is 360 g/mol. The molecule has 2 rings (SSSR count). The van der Waals surface area contributed by atoms with E-state index in [0.717, 1.165) is 11.3 Å². The number of urea groups is 1. The summed E-state index contributed by atoms with van der Waals surface area (Å²) >= 11 is 0. The van der Waals surface area contributed by atoms with Crippen molar-refractivity contribution in [3.05, 3.63) is 47.9 Å². The molecule has 0 spiro atoms. The number of hydrogen-bond donors (Lipinski definition) is 2. The number of nitrogens with one attached hydrogen (secondary N) is 2. The van der Waals surface area contributed by atoms with Crippen LogP contribution < -0.4 is 15.5 Å². The Morgan fingerprint density at radius 3 is 2.57 bits per heavy atom. The number of nitrogens with zero attached hydrogens (tertiary/aromatic N) is 2. The summed E-state index contributed by atoms with van der Waals surface area (Å²) in [6.07, 6.45) is 1.59. The van der Waals surface area contributed by atoms with Crippen LogP contribution in [0.2, 0.25) is 0 Å². The van der Waals surface area contributed by atoms with Gasteiger partial charge in [-0.3, -0.25) is 4.79 Å². The van der Waals surface area contributed by atoms with Crippen molar-refractivity contribution in [3.63, 3.8) is 0 Å². The van der Waals surface area contributed by atoms with Crippen LogP contribution in [0, 0.1) is 0 Å². The quantitative estimate of drug-likeness (QED) is 0.690. The lowest BCUT2D eigenvalue weighted by Gasteiger charge is -2.25. The van der Waals surface area contributed by atoms with E-state index in [9.17, 15) is 9.59 Å². The van der Waals surface area contributed by atoms with Gasteiger partial charge in [0.2, 0.25) is 5.91 Å². The molecule has 0 atom stereocenters. The Labute approximate surface area is 165 Å². The minimum Gasteiger partial charge on any atom is -0.467 e. The van der Waals surface area contributed by atoms with Gasteiger partial charge in [0.25, 0.3) is 0 Å². The second-order valence-corrected chi connectivity index (χ2v) is 6.49. The van der Waals surface area contributed by atoms with Gasteiger partial charge < -0.3 is 29.6 Å². The van der Waals surface area contributed by atoms with E-state index in [4.69, 9.17) is 9.15 Å². The fourth-order valence-electron chi connectivity index (χ4n) is 2.81. The lowest BCUT2D eigenvalue weighted by atomic mass is 10.1. The van der Waals surface area contributed by atoms with Crippen LogP contribution >= 0.6 is 0 Å². The highest BCUT2D eigenvalue weighted by Gasteiger charge is 2.18. The zero-order valence-electron chi connectivity index (χ0n) is 16.8. The summed E-state index contributed by atoms with van der Waals surface area (Å²) in [5, 5.41) is 5.64. The number of methoxy groups -OCH3 is 1. The maximum absolute atomic E-state index is 12.6. The molecule has 1 aromatic heterocycles. The first kappa shape index (κ1) is 21.3. The molecule has 0 aliphatic rings. The molecule has 0 unspecified atom stereocenters. The van der Waals surface area contributed by atoms with E-state index < -0.39 is 0 Å². The van der Waals surface area contributed by atoms with Crippen molar-refractivity contribution in [2.45, 2.75) is 20.0 Å². The smallest absolute Gasteiger partial charge is 0.318 e. The second-order valence-electron chi connectivity index (χ2n) is 6.49. The van der Waals surface area contributed by atoms with Crippen molar-refractivity contribution in [2.24, 2.45) is 0 Å². The van der Waals surface area contributed by atoms with E-state index in [1.165, 1.54) is 7.11 Å². The summed E-state index contributed by atoms with van der Waals surface area (Å²) in [5.41, 5.74) is 2.51. The number of furan rings is 1. The van der Waals surface area contributed by atoms with Gasteiger partial charge in [-0.2, -0.15) is 0 Å².